The maximum atomic E-state index is 14.3. The number of carbonyl (C=O) groups excluding carboxylic acids is 1. The van der Waals surface area contributed by atoms with E-state index in [9.17, 15) is 18.7 Å². The Bertz CT molecular complexity index is 575. The lowest BCUT2D eigenvalue weighted by molar-refractivity contribution is 0.0216. The number of hydrogen-bond donors (Lipinski definition) is 1. The fourth-order valence-electron chi connectivity index (χ4n) is 3.37. The van der Waals surface area contributed by atoms with Crippen molar-refractivity contribution in [2.75, 3.05) is 26.8 Å². The first kappa shape index (κ1) is 17.7. The van der Waals surface area contributed by atoms with Crippen LogP contribution in [0.25, 0.3) is 0 Å². The fraction of sp³-hybridized carbons (Fsp3) is 0.588. The Labute approximate surface area is 135 Å². The number of halogens is 2. The Morgan fingerprint density at radius 1 is 1.43 bits per heavy atom. The summed E-state index contributed by atoms with van der Waals surface area (Å²) < 4.78 is 33.1. The fourth-order valence-corrected chi connectivity index (χ4v) is 3.37. The molecule has 4 nitrogen and oxygen atoms in total. The third-order valence-electron chi connectivity index (χ3n) is 4.55. The minimum atomic E-state index is -0.979. The molecule has 0 saturated carbocycles. The molecular formula is C17H23F2NO3. The molecule has 6 heteroatoms. The molecule has 1 aromatic rings. The molecule has 128 valence electrons. The number of likely N-dealkylation sites (tertiary alicyclic amines) is 1. The number of rotatable bonds is 5. The molecule has 0 aromatic heterocycles. The quantitative estimate of drug-likeness (QED) is 0.904. The van der Waals surface area contributed by atoms with Gasteiger partial charge in [0.15, 0.2) is 11.6 Å². The minimum Gasteiger partial charge on any atom is -0.494 e. The number of ether oxygens (including phenoxy) is 1. The van der Waals surface area contributed by atoms with E-state index >= 15 is 0 Å². The summed E-state index contributed by atoms with van der Waals surface area (Å²) in [6.07, 6.45) is 3.17. The molecule has 0 bridgehead atoms. The van der Waals surface area contributed by atoms with Crippen LogP contribution in [0, 0.1) is 17.0 Å². The first-order valence-corrected chi connectivity index (χ1v) is 7.90. The van der Waals surface area contributed by atoms with Crippen molar-refractivity contribution in [2.45, 2.75) is 32.6 Å². The van der Waals surface area contributed by atoms with E-state index in [4.69, 9.17) is 4.74 Å². The SMILES string of the molecule is CCC[C@@]1(CO)CCCN(C(=O)c2c(F)ccc(OC)c2F)C1. The lowest BCUT2D eigenvalue weighted by Crippen LogP contribution is -2.48. The molecule has 0 spiro atoms. The van der Waals surface area contributed by atoms with Crippen molar-refractivity contribution in [3.8, 4) is 5.75 Å². The number of aliphatic hydroxyl groups is 1. The highest BCUT2D eigenvalue weighted by Gasteiger charge is 2.37. The first-order valence-electron chi connectivity index (χ1n) is 7.90. The van der Waals surface area contributed by atoms with Gasteiger partial charge >= 0.3 is 0 Å². The summed E-state index contributed by atoms with van der Waals surface area (Å²) in [6, 6.07) is 2.19. The van der Waals surface area contributed by atoms with Gasteiger partial charge in [0.05, 0.1) is 13.7 Å². The number of carbonyl (C=O) groups is 1. The van der Waals surface area contributed by atoms with Crippen LogP contribution in [0.5, 0.6) is 5.75 Å². The molecule has 1 N–H and O–H groups in total. The van der Waals surface area contributed by atoms with Crippen LogP contribution >= 0.6 is 0 Å². The van der Waals surface area contributed by atoms with Gasteiger partial charge < -0.3 is 14.7 Å². The van der Waals surface area contributed by atoms with Crippen LogP contribution in [0.3, 0.4) is 0 Å². The van der Waals surface area contributed by atoms with Crippen LogP contribution in [-0.4, -0.2) is 42.7 Å². The third kappa shape index (κ3) is 3.47. The molecule has 1 amide bonds. The van der Waals surface area contributed by atoms with Gasteiger partial charge in [-0.25, -0.2) is 8.78 Å². The van der Waals surface area contributed by atoms with E-state index in [0.29, 0.717) is 19.5 Å². The highest BCUT2D eigenvalue weighted by Crippen LogP contribution is 2.35. The predicted molar refractivity (Wildman–Crippen MR) is 82.5 cm³/mol. The topological polar surface area (TPSA) is 49.8 Å². The van der Waals surface area contributed by atoms with E-state index in [-0.39, 0.29) is 17.8 Å². The Morgan fingerprint density at radius 3 is 2.78 bits per heavy atom. The number of nitrogens with zero attached hydrogens (tertiary/aromatic N) is 1. The lowest BCUT2D eigenvalue weighted by Gasteiger charge is -2.42. The number of aliphatic hydroxyl groups excluding tert-OH is 1. The number of hydrogen-bond acceptors (Lipinski definition) is 3. The van der Waals surface area contributed by atoms with Crippen LogP contribution in [0.4, 0.5) is 8.78 Å². The molecular weight excluding hydrogens is 304 g/mol. The zero-order chi connectivity index (χ0) is 17.0. The van der Waals surface area contributed by atoms with Crippen molar-refractivity contribution < 1.29 is 23.4 Å². The normalized spacial score (nSPS) is 21.3. The van der Waals surface area contributed by atoms with Gasteiger partial charge in [-0.3, -0.25) is 4.79 Å². The highest BCUT2D eigenvalue weighted by molar-refractivity contribution is 5.95. The van der Waals surface area contributed by atoms with Crippen LogP contribution in [0.2, 0.25) is 0 Å². The summed E-state index contributed by atoms with van der Waals surface area (Å²) in [4.78, 5) is 14.1. The zero-order valence-electron chi connectivity index (χ0n) is 13.6. The molecule has 1 heterocycles. The Balaban J connectivity index is 2.30. The standard InChI is InChI=1S/C17H23F2NO3/c1-3-7-17(11-21)8-4-9-20(10-17)16(22)14-12(18)5-6-13(23-2)15(14)19/h5-6,21H,3-4,7-11H2,1-2H3/t17-/m1/s1. The molecule has 1 atom stereocenters. The molecule has 1 aromatic carbocycles. The second kappa shape index (κ2) is 7.25. The summed E-state index contributed by atoms with van der Waals surface area (Å²) in [5.41, 5.74) is -0.969. The van der Waals surface area contributed by atoms with Gasteiger partial charge in [0, 0.05) is 18.5 Å². The van der Waals surface area contributed by atoms with Gasteiger partial charge in [0.2, 0.25) is 0 Å². The second-order valence-corrected chi connectivity index (χ2v) is 6.18. The minimum absolute atomic E-state index is 0.0340. The van der Waals surface area contributed by atoms with E-state index in [1.165, 1.54) is 12.0 Å². The van der Waals surface area contributed by atoms with E-state index in [2.05, 4.69) is 0 Å². The maximum Gasteiger partial charge on any atom is 0.259 e. The smallest absolute Gasteiger partial charge is 0.259 e. The van der Waals surface area contributed by atoms with Crippen molar-refractivity contribution in [1.82, 2.24) is 4.90 Å². The molecule has 0 unspecified atom stereocenters. The van der Waals surface area contributed by atoms with Gasteiger partial charge in [-0.2, -0.15) is 0 Å². The number of benzene rings is 1. The largest absolute Gasteiger partial charge is 0.494 e. The zero-order valence-corrected chi connectivity index (χ0v) is 13.6. The van der Waals surface area contributed by atoms with Crippen LogP contribution in [-0.2, 0) is 0 Å². The summed E-state index contributed by atoms with van der Waals surface area (Å²) in [5.74, 6) is -2.72. The van der Waals surface area contributed by atoms with Gasteiger partial charge in [-0.15, -0.1) is 0 Å². The van der Waals surface area contributed by atoms with Crippen molar-refractivity contribution in [1.29, 1.82) is 0 Å². The van der Waals surface area contributed by atoms with Gasteiger partial charge in [0.1, 0.15) is 11.4 Å². The van der Waals surface area contributed by atoms with Crippen LogP contribution in [0.15, 0.2) is 12.1 Å². The average molecular weight is 327 g/mol. The average Bonchev–Trinajstić information content (AvgIpc) is 2.55. The third-order valence-corrected chi connectivity index (χ3v) is 4.55. The van der Waals surface area contributed by atoms with Crippen molar-refractivity contribution in [3.05, 3.63) is 29.3 Å². The molecule has 23 heavy (non-hydrogen) atoms. The number of amides is 1. The molecule has 1 fully saturated rings. The van der Waals surface area contributed by atoms with E-state index in [1.54, 1.807) is 0 Å². The van der Waals surface area contributed by atoms with Crippen LogP contribution in [0.1, 0.15) is 43.0 Å². The molecule has 2 rings (SSSR count). The molecule has 0 radical (unpaired) electrons. The van der Waals surface area contributed by atoms with E-state index in [0.717, 1.165) is 31.4 Å². The second-order valence-electron chi connectivity index (χ2n) is 6.18. The summed E-state index contributed by atoms with van der Waals surface area (Å²) >= 11 is 0. The van der Waals surface area contributed by atoms with Crippen LogP contribution < -0.4 is 4.74 Å². The maximum absolute atomic E-state index is 14.3. The predicted octanol–water partition coefficient (Wildman–Crippen LogP) is 2.99. The van der Waals surface area contributed by atoms with Gasteiger partial charge in [-0.05, 0) is 31.4 Å². The van der Waals surface area contributed by atoms with E-state index < -0.39 is 23.1 Å². The Morgan fingerprint density at radius 2 is 2.17 bits per heavy atom. The Hall–Kier alpha value is -1.69. The highest BCUT2D eigenvalue weighted by atomic mass is 19.1. The number of methoxy groups -OCH3 is 1. The molecule has 0 aliphatic carbocycles. The molecule has 1 saturated heterocycles. The molecule has 1 aliphatic heterocycles. The monoisotopic (exact) mass is 327 g/mol. The summed E-state index contributed by atoms with van der Waals surface area (Å²) in [5, 5.41) is 9.73. The van der Waals surface area contributed by atoms with Gasteiger partial charge in [-0.1, -0.05) is 13.3 Å². The van der Waals surface area contributed by atoms with E-state index in [1.807, 2.05) is 6.92 Å². The van der Waals surface area contributed by atoms with Crippen molar-refractivity contribution in [3.63, 3.8) is 0 Å². The summed E-state index contributed by atoms with van der Waals surface area (Å²) in [7, 11) is 1.27. The van der Waals surface area contributed by atoms with Crippen molar-refractivity contribution >= 4 is 5.91 Å². The van der Waals surface area contributed by atoms with Crippen molar-refractivity contribution in [2.24, 2.45) is 5.41 Å². The Kier molecular flexibility index (Phi) is 5.57. The van der Waals surface area contributed by atoms with Gasteiger partial charge in [0.25, 0.3) is 5.91 Å². The first-order chi connectivity index (χ1) is 11.0. The number of piperidine rings is 1. The lowest BCUT2D eigenvalue weighted by atomic mass is 9.77. The summed E-state index contributed by atoms with van der Waals surface area (Å²) in [6.45, 7) is 2.72. The molecule has 1 aliphatic rings.